The van der Waals surface area contributed by atoms with Crippen molar-refractivity contribution in [2.24, 2.45) is 0 Å². The Bertz CT molecular complexity index is 788. The van der Waals surface area contributed by atoms with E-state index in [2.05, 4.69) is 4.98 Å². The number of fused-ring (bicyclic) bond motifs is 1. The lowest BCUT2D eigenvalue weighted by Crippen LogP contribution is -2.57. The molecule has 4 N–H and O–H groups in total. The average molecular weight is 318 g/mol. The minimum atomic E-state index is -2.65. The predicted octanol–water partition coefficient (Wildman–Crippen LogP) is 0.831. The minimum Gasteiger partial charge on any atom is -0.508 e. The van der Waals surface area contributed by atoms with Crippen molar-refractivity contribution < 1.29 is 29.7 Å². The SMILES string of the molecule is CCC(=O)NC(C(=O)O)(C(=O)O)c1cnc2ccc(O)cc2c1. The maximum Gasteiger partial charge on any atom is 0.346 e. The average Bonchev–Trinajstić information content (AvgIpc) is 2.50. The van der Waals surface area contributed by atoms with Crippen molar-refractivity contribution >= 4 is 28.7 Å². The highest BCUT2D eigenvalue weighted by Gasteiger charge is 2.50. The van der Waals surface area contributed by atoms with E-state index in [-0.39, 0.29) is 17.7 Å². The Hall–Kier alpha value is -3.16. The van der Waals surface area contributed by atoms with Gasteiger partial charge in [0.05, 0.1) is 5.52 Å². The lowest BCUT2D eigenvalue weighted by molar-refractivity contribution is -0.162. The second kappa shape index (κ2) is 5.91. The maximum atomic E-state index is 11.6. The molecule has 0 unspecified atom stereocenters. The Morgan fingerprint density at radius 2 is 1.83 bits per heavy atom. The first kappa shape index (κ1) is 16.2. The van der Waals surface area contributed by atoms with Gasteiger partial charge in [-0.2, -0.15) is 0 Å². The Morgan fingerprint density at radius 3 is 2.39 bits per heavy atom. The Balaban J connectivity index is 2.69. The van der Waals surface area contributed by atoms with Crippen molar-refractivity contribution in [2.75, 3.05) is 0 Å². The van der Waals surface area contributed by atoms with Crippen LogP contribution in [0, 0.1) is 0 Å². The molecule has 2 aromatic rings. The summed E-state index contributed by atoms with van der Waals surface area (Å²) in [5.74, 6) is -4.29. The van der Waals surface area contributed by atoms with Crippen LogP contribution in [0.5, 0.6) is 5.75 Å². The lowest BCUT2D eigenvalue weighted by atomic mass is 9.90. The third kappa shape index (κ3) is 2.78. The van der Waals surface area contributed by atoms with Crippen LogP contribution < -0.4 is 5.32 Å². The highest BCUT2D eigenvalue weighted by molar-refractivity contribution is 6.07. The number of aliphatic carboxylic acids is 2. The summed E-state index contributed by atoms with van der Waals surface area (Å²) in [6.45, 7) is 1.47. The molecule has 0 aliphatic heterocycles. The molecule has 1 heterocycles. The molecule has 0 radical (unpaired) electrons. The number of amides is 1. The van der Waals surface area contributed by atoms with Crippen molar-refractivity contribution in [3.63, 3.8) is 0 Å². The van der Waals surface area contributed by atoms with Crippen LogP contribution in [0.1, 0.15) is 18.9 Å². The largest absolute Gasteiger partial charge is 0.508 e. The Morgan fingerprint density at radius 1 is 1.17 bits per heavy atom. The van der Waals surface area contributed by atoms with Crippen molar-refractivity contribution in [3.8, 4) is 5.75 Å². The van der Waals surface area contributed by atoms with Gasteiger partial charge in [0.25, 0.3) is 5.54 Å². The van der Waals surface area contributed by atoms with E-state index in [1.165, 1.54) is 31.2 Å². The molecule has 2 rings (SSSR count). The van der Waals surface area contributed by atoms with Crippen molar-refractivity contribution in [1.82, 2.24) is 10.3 Å². The number of aromatic nitrogens is 1. The zero-order chi connectivity index (χ0) is 17.2. The standard InChI is InChI=1S/C15H14N2O6/c1-2-12(19)17-15(13(20)21,14(22)23)9-5-8-6-10(18)3-4-11(8)16-7-9/h3-7,18H,2H2,1H3,(H,17,19)(H,20,21)(H,22,23). The Labute approximate surface area is 130 Å². The molecule has 0 spiro atoms. The van der Waals surface area contributed by atoms with Gasteiger partial charge in [0.15, 0.2) is 0 Å². The number of phenolic OH excluding ortho intramolecular Hbond substituents is 1. The van der Waals surface area contributed by atoms with Gasteiger partial charge in [0, 0.05) is 23.6 Å². The summed E-state index contributed by atoms with van der Waals surface area (Å²) in [4.78, 5) is 38.9. The number of rotatable bonds is 5. The predicted molar refractivity (Wildman–Crippen MR) is 78.8 cm³/mol. The molecular weight excluding hydrogens is 304 g/mol. The molecule has 8 heteroatoms. The Kier molecular flexibility index (Phi) is 4.17. The normalized spacial score (nSPS) is 11.2. The molecule has 1 aromatic carbocycles. The topological polar surface area (TPSA) is 137 Å². The van der Waals surface area contributed by atoms with Crippen molar-refractivity contribution in [2.45, 2.75) is 18.9 Å². The molecule has 1 amide bonds. The molecule has 1 aromatic heterocycles. The zero-order valence-corrected chi connectivity index (χ0v) is 12.1. The molecule has 8 nitrogen and oxygen atoms in total. The number of carbonyl (C=O) groups is 3. The highest BCUT2D eigenvalue weighted by atomic mass is 16.4. The van der Waals surface area contributed by atoms with E-state index in [0.29, 0.717) is 10.9 Å². The number of aromatic hydroxyl groups is 1. The molecule has 120 valence electrons. The van der Waals surface area contributed by atoms with Crippen molar-refractivity contribution in [1.29, 1.82) is 0 Å². The summed E-state index contributed by atoms with van der Waals surface area (Å²) in [6.07, 6.45) is 1.00. The lowest BCUT2D eigenvalue weighted by Gasteiger charge is -2.26. The molecule has 0 bridgehead atoms. The van der Waals surface area contributed by atoms with Crippen LogP contribution in [0.4, 0.5) is 0 Å². The van der Waals surface area contributed by atoms with Gasteiger partial charge < -0.3 is 20.6 Å². The van der Waals surface area contributed by atoms with Crippen molar-refractivity contribution in [3.05, 3.63) is 36.0 Å². The van der Waals surface area contributed by atoms with E-state index in [4.69, 9.17) is 0 Å². The fourth-order valence-electron chi connectivity index (χ4n) is 2.14. The first-order valence-corrected chi connectivity index (χ1v) is 6.68. The number of carboxylic acids is 2. The molecule has 0 fully saturated rings. The molecule has 0 aliphatic carbocycles. The molecule has 0 atom stereocenters. The van der Waals surface area contributed by atoms with Gasteiger partial charge in [-0.05, 0) is 24.3 Å². The van der Waals surface area contributed by atoms with Crippen LogP contribution >= 0.6 is 0 Å². The number of phenols is 1. The third-order valence-electron chi connectivity index (χ3n) is 3.39. The van der Waals surface area contributed by atoms with Gasteiger partial charge in [-0.1, -0.05) is 6.92 Å². The van der Waals surface area contributed by atoms with Gasteiger partial charge in [-0.25, -0.2) is 9.59 Å². The number of nitrogens with one attached hydrogen (secondary N) is 1. The fourth-order valence-corrected chi connectivity index (χ4v) is 2.14. The number of carbonyl (C=O) groups excluding carboxylic acids is 1. The molecular formula is C15H14N2O6. The van der Waals surface area contributed by atoms with Crippen LogP contribution in [-0.4, -0.2) is 38.1 Å². The second-order valence-electron chi connectivity index (χ2n) is 4.86. The number of benzene rings is 1. The van der Waals surface area contributed by atoms with Gasteiger partial charge in [0.1, 0.15) is 5.75 Å². The number of hydrogen-bond acceptors (Lipinski definition) is 5. The number of nitrogens with zero attached hydrogens (tertiary/aromatic N) is 1. The quantitative estimate of drug-likeness (QED) is 0.599. The molecule has 23 heavy (non-hydrogen) atoms. The molecule has 0 saturated carbocycles. The van der Waals surface area contributed by atoms with Crippen LogP contribution in [0.25, 0.3) is 10.9 Å². The van der Waals surface area contributed by atoms with E-state index in [1.807, 2.05) is 5.32 Å². The highest BCUT2D eigenvalue weighted by Crippen LogP contribution is 2.27. The summed E-state index contributed by atoms with van der Waals surface area (Å²) in [5.41, 5.74) is -2.44. The van der Waals surface area contributed by atoms with Gasteiger partial charge in [-0.3, -0.25) is 9.78 Å². The number of hydrogen-bond donors (Lipinski definition) is 4. The monoisotopic (exact) mass is 318 g/mol. The second-order valence-corrected chi connectivity index (χ2v) is 4.86. The molecule has 0 saturated heterocycles. The zero-order valence-electron chi connectivity index (χ0n) is 12.1. The summed E-state index contributed by atoms with van der Waals surface area (Å²) in [5, 5.41) is 30.8. The van der Waals surface area contributed by atoms with Crippen LogP contribution in [0.15, 0.2) is 30.5 Å². The van der Waals surface area contributed by atoms with Crippen LogP contribution in [0.3, 0.4) is 0 Å². The summed E-state index contributed by atoms with van der Waals surface area (Å²) < 4.78 is 0. The maximum absolute atomic E-state index is 11.6. The third-order valence-corrected chi connectivity index (χ3v) is 3.39. The minimum absolute atomic E-state index is 0.0784. The van der Waals surface area contributed by atoms with E-state index in [0.717, 1.165) is 6.20 Å². The van der Waals surface area contributed by atoms with Crippen LogP contribution in [-0.2, 0) is 19.9 Å². The summed E-state index contributed by atoms with van der Waals surface area (Å²) >= 11 is 0. The molecule has 0 aliphatic rings. The number of carboxylic acid groups (broad SMARTS) is 2. The van der Waals surface area contributed by atoms with E-state index >= 15 is 0 Å². The summed E-state index contributed by atoms with van der Waals surface area (Å²) in [6, 6.07) is 5.49. The first-order chi connectivity index (χ1) is 10.8. The van der Waals surface area contributed by atoms with E-state index in [9.17, 15) is 29.7 Å². The summed E-state index contributed by atoms with van der Waals surface area (Å²) in [7, 11) is 0. The van der Waals surface area contributed by atoms with Gasteiger partial charge in [-0.15, -0.1) is 0 Å². The van der Waals surface area contributed by atoms with E-state index in [1.54, 1.807) is 0 Å². The fraction of sp³-hybridized carbons (Fsp3) is 0.200. The smallest absolute Gasteiger partial charge is 0.346 e. The number of pyridine rings is 1. The van der Waals surface area contributed by atoms with E-state index < -0.39 is 23.4 Å². The first-order valence-electron chi connectivity index (χ1n) is 6.68. The van der Waals surface area contributed by atoms with Crippen LogP contribution in [0.2, 0.25) is 0 Å². The van der Waals surface area contributed by atoms with Gasteiger partial charge >= 0.3 is 11.9 Å². The van der Waals surface area contributed by atoms with Gasteiger partial charge in [0.2, 0.25) is 5.91 Å².